The van der Waals surface area contributed by atoms with Crippen LogP contribution in [0.5, 0.6) is 0 Å². The van der Waals surface area contributed by atoms with Crippen LogP contribution in [0.1, 0.15) is 50.6 Å². The lowest BCUT2D eigenvalue weighted by Gasteiger charge is -2.41. The van der Waals surface area contributed by atoms with Crippen LogP contribution in [-0.4, -0.2) is 46.6 Å². The molecule has 0 bridgehead atoms. The van der Waals surface area contributed by atoms with Gasteiger partial charge in [-0.05, 0) is 51.4 Å². The highest BCUT2D eigenvalue weighted by Crippen LogP contribution is 2.36. The van der Waals surface area contributed by atoms with Gasteiger partial charge in [0.05, 0.1) is 0 Å². The topological polar surface area (TPSA) is 32.3 Å². The zero-order valence-corrected chi connectivity index (χ0v) is 13.7. The maximum Gasteiger partial charge on any atom is 0.132 e. The Morgan fingerprint density at radius 2 is 1.77 bits per heavy atom. The van der Waals surface area contributed by atoms with E-state index in [1.165, 1.54) is 64.6 Å². The van der Waals surface area contributed by atoms with Gasteiger partial charge in [-0.2, -0.15) is 0 Å². The number of hydrogen-bond donors (Lipinski definition) is 0. The molecular weight excluding hydrogens is 272 g/mol. The minimum absolute atomic E-state index is 0.680. The van der Waals surface area contributed by atoms with Gasteiger partial charge in [-0.25, -0.2) is 9.97 Å². The molecule has 0 amide bonds. The smallest absolute Gasteiger partial charge is 0.132 e. The van der Waals surface area contributed by atoms with Gasteiger partial charge in [-0.15, -0.1) is 0 Å². The highest BCUT2D eigenvalue weighted by molar-refractivity contribution is 5.43. The molecule has 22 heavy (non-hydrogen) atoms. The number of likely N-dealkylation sites (tertiary alicyclic amines) is 1. The van der Waals surface area contributed by atoms with Crippen LogP contribution >= 0.6 is 0 Å². The molecule has 0 atom stereocenters. The average Bonchev–Trinajstić information content (AvgIpc) is 3.30. The van der Waals surface area contributed by atoms with E-state index < -0.39 is 0 Å². The Labute approximate surface area is 133 Å². The van der Waals surface area contributed by atoms with Gasteiger partial charge in [0.1, 0.15) is 12.1 Å². The van der Waals surface area contributed by atoms with Gasteiger partial charge >= 0.3 is 0 Å². The molecule has 0 aromatic carbocycles. The summed E-state index contributed by atoms with van der Waals surface area (Å²) < 4.78 is 0. The average molecular weight is 300 g/mol. The second-order valence-electron chi connectivity index (χ2n) is 7.48. The van der Waals surface area contributed by atoms with E-state index in [2.05, 4.69) is 32.8 Å². The Bertz CT molecular complexity index is 502. The van der Waals surface area contributed by atoms with Crippen LogP contribution in [0, 0.1) is 12.8 Å². The second-order valence-corrected chi connectivity index (χ2v) is 7.48. The minimum atomic E-state index is 0.680. The lowest BCUT2D eigenvalue weighted by atomic mass is 9.84. The van der Waals surface area contributed by atoms with Gasteiger partial charge in [0.15, 0.2) is 0 Å². The summed E-state index contributed by atoms with van der Waals surface area (Å²) in [5, 5.41) is 0. The van der Waals surface area contributed by atoms with Crippen molar-refractivity contribution < 1.29 is 0 Å². The maximum absolute atomic E-state index is 4.57. The quantitative estimate of drug-likeness (QED) is 0.837. The first kappa shape index (κ1) is 14.4. The molecule has 4 rings (SSSR count). The Balaban J connectivity index is 1.39. The molecular formula is C18H28N4. The van der Waals surface area contributed by atoms with Crippen LogP contribution in [0.4, 0.5) is 5.82 Å². The lowest BCUT2D eigenvalue weighted by Crippen LogP contribution is -2.47. The third-order valence-corrected chi connectivity index (χ3v) is 5.69. The first-order valence-electron chi connectivity index (χ1n) is 9.09. The molecule has 0 unspecified atom stereocenters. The van der Waals surface area contributed by atoms with Crippen LogP contribution < -0.4 is 4.90 Å². The van der Waals surface area contributed by atoms with Gasteiger partial charge in [0, 0.05) is 43.5 Å². The SMILES string of the molecule is Cc1cc(N(C2CC2)C2CCN(CC3CCC3)CC2)ncn1. The van der Waals surface area contributed by atoms with Gasteiger partial charge in [-0.1, -0.05) is 6.42 Å². The monoisotopic (exact) mass is 300 g/mol. The fourth-order valence-corrected chi connectivity index (χ4v) is 4.03. The zero-order chi connectivity index (χ0) is 14.9. The van der Waals surface area contributed by atoms with Gasteiger partial charge in [0.25, 0.3) is 0 Å². The third kappa shape index (κ3) is 3.12. The zero-order valence-electron chi connectivity index (χ0n) is 13.7. The fraction of sp³-hybridized carbons (Fsp3) is 0.778. The molecule has 0 spiro atoms. The van der Waals surface area contributed by atoms with Crippen molar-refractivity contribution in [3.8, 4) is 0 Å². The predicted molar refractivity (Wildman–Crippen MR) is 89.1 cm³/mol. The summed E-state index contributed by atoms with van der Waals surface area (Å²) in [7, 11) is 0. The number of anilines is 1. The molecule has 4 heteroatoms. The highest BCUT2D eigenvalue weighted by atomic mass is 15.3. The second kappa shape index (κ2) is 6.15. The Kier molecular flexibility index (Phi) is 4.03. The number of nitrogens with zero attached hydrogens (tertiary/aromatic N) is 4. The molecule has 0 radical (unpaired) electrons. The maximum atomic E-state index is 4.57. The van der Waals surface area contributed by atoms with Crippen molar-refractivity contribution in [2.24, 2.45) is 5.92 Å². The van der Waals surface area contributed by atoms with Crippen molar-refractivity contribution in [3.63, 3.8) is 0 Å². The van der Waals surface area contributed by atoms with Crippen molar-refractivity contribution >= 4 is 5.82 Å². The standard InChI is InChI=1S/C18H28N4/c1-14-11-18(20-13-19-14)22(16-5-6-16)17-7-9-21(10-8-17)12-15-3-2-4-15/h11,13,15-17H,2-10,12H2,1H3. The molecule has 1 aliphatic heterocycles. The van der Waals surface area contributed by atoms with Crippen molar-refractivity contribution in [1.82, 2.24) is 14.9 Å². The van der Waals surface area contributed by atoms with Crippen molar-refractivity contribution in [1.29, 1.82) is 0 Å². The highest BCUT2D eigenvalue weighted by Gasteiger charge is 2.36. The summed E-state index contributed by atoms with van der Waals surface area (Å²) in [4.78, 5) is 14.2. The molecule has 2 heterocycles. The number of piperidine rings is 1. The van der Waals surface area contributed by atoms with Crippen LogP contribution in [0.25, 0.3) is 0 Å². The molecule has 3 aliphatic rings. The van der Waals surface area contributed by atoms with E-state index in [0.29, 0.717) is 6.04 Å². The molecule has 2 saturated carbocycles. The molecule has 2 aliphatic carbocycles. The number of hydrogen-bond acceptors (Lipinski definition) is 4. The van der Waals surface area contributed by atoms with E-state index in [4.69, 9.17) is 0 Å². The van der Waals surface area contributed by atoms with E-state index in [1.54, 1.807) is 6.33 Å². The Hall–Kier alpha value is -1.16. The van der Waals surface area contributed by atoms with Crippen molar-refractivity contribution in [3.05, 3.63) is 18.1 Å². The largest absolute Gasteiger partial charge is 0.350 e. The van der Waals surface area contributed by atoms with Crippen LogP contribution in [0.15, 0.2) is 12.4 Å². The number of aryl methyl sites for hydroxylation is 1. The molecule has 4 nitrogen and oxygen atoms in total. The predicted octanol–water partition coefficient (Wildman–Crippen LogP) is 3.02. The minimum Gasteiger partial charge on any atom is -0.350 e. The summed E-state index contributed by atoms with van der Waals surface area (Å²) in [6, 6.07) is 3.58. The van der Waals surface area contributed by atoms with Crippen LogP contribution in [0.3, 0.4) is 0 Å². The Morgan fingerprint density at radius 1 is 1.05 bits per heavy atom. The van der Waals surface area contributed by atoms with Gasteiger partial charge in [-0.3, -0.25) is 0 Å². The molecule has 1 aromatic heterocycles. The van der Waals surface area contributed by atoms with E-state index in [9.17, 15) is 0 Å². The first-order valence-corrected chi connectivity index (χ1v) is 9.09. The number of aromatic nitrogens is 2. The summed E-state index contributed by atoms with van der Waals surface area (Å²) >= 11 is 0. The van der Waals surface area contributed by atoms with E-state index in [-0.39, 0.29) is 0 Å². The van der Waals surface area contributed by atoms with E-state index in [0.717, 1.165) is 23.5 Å². The molecule has 1 saturated heterocycles. The molecule has 0 N–H and O–H groups in total. The number of rotatable bonds is 5. The van der Waals surface area contributed by atoms with Gasteiger partial charge in [0.2, 0.25) is 0 Å². The normalized spacial score (nSPS) is 24.2. The Morgan fingerprint density at radius 3 is 2.36 bits per heavy atom. The molecule has 120 valence electrons. The lowest BCUT2D eigenvalue weighted by molar-refractivity contribution is 0.145. The molecule has 1 aromatic rings. The van der Waals surface area contributed by atoms with E-state index in [1.807, 2.05) is 0 Å². The van der Waals surface area contributed by atoms with Crippen LogP contribution in [0.2, 0.25) is 0 Å². The first-order chi connectivity index (χ1) is 10.8. The summed E-state index contributed by atoms with van der Waals surface area (Å²) in [6.07, 6.45) is 11.4. The van der Waals surface area contributed by atoms with E-state index >= 15 is 0 Å². The van der Waals surface area contributed by atoms with Crippen molar-refractivity contribution in [2.75, 3.05) is 24.5 Å². The molecule has 3 fully saturated rings. The summed E-state index contributed by atoms with van der Waals surface area (Å²) in [5.41, 5.74) is 1.08. The van der Waals surface area contributed by atoms with Crippen molar-refractivity contribution in [2.45, 2.75) is 64.0 Å². The van der Waals surface area contributed by atoms with Crippen LogP contribution in [-0.2, 0) is 0 Å². The third-order valence-electron chi connectivity index (χ3n) is 5.69. The fourth-order valence-electron chi connectivity index (χ4n) is 4.03. The summed E-state index contributed by atoms with van der Waals surface area (Å²) in [6.45, 7) is 5.96. The summed E-state index contributed by atoms with van der Waals surface area (Å²) in [5.74, 6) is 2.16. The van der Waals surface area contributed by atoms with Gasteiger partial charge < -0.3 is 9.80 Å².